The number of aliphatic carboxylic acids is 1. The van der Waals surface area contributed by atoms with Crippen molar-refractivity contribution < 1.29 is 24.5 Å². The van der Waals surface area contributed by atoms with Gasteiger partial charge >= 0.3 is 5.97 Å². The molecule has 0 saturated heterocycles. The molecule has 0 fully saturated rings. The molecule has 0 spiro atoms. The first-order valence-corrected chi connectivity index (χ1v) is 6.65. The van der Waals surface area contributed by atoms with Gasteiger partial charge in [0.1, 0.15) is 23.0 Å². The maximum Gasteiger partial charge on any atom is 0.315 e. The Morgan fingerprint density at radius 2 is 2.20 bits per heavy atom. The number of hydrogen-bond donors (Lipinski definition) is 2. The maximum absolute atomic E-state index is 11.6. The summed E-state index contributed by atoms with van der Waals surface area (Å²) in [6.07, 6.45) is 0. The zero-order valence-corrected chi connectivity index (χ0v) is 11.9. The fourth-order valence-electron chi connectivity index (χ4n) is 2.42. The highest BCUT2D eigenvalue weighted by Crippen LogP contribution is 2.49. The summed E-state index contributed by atoms with van der Waals surface area (Å²) in [5.41, 5.74) is -0.230. The van der Waals surface area contributed by atoms with E-state index in [0.29, 0.717) is 23.7 Å². The van der Waals surface area contributed by atoms with Crippen LogP contribution in [0.3, 0.4) is 0 Å². The topological polar surface area (TPSA) is 76.0 Å². The van der Waals surface area contributed by atoms with Crippen LogP contribution in [0.15, 0.2) is 18.2 Å². The van der Waals surface area contributed by atoms with Crippen LogP contribution in [0.25, 0.3) is 0 Å². The van der Waals surface area contributed by atoms with Gasteiger partial charge in [-0.05, 0) is 26.0 Å². The Bertz CT molecular complexity index is 509. The van der Waals surface area contributed by atoms with Crippen molar-refractivity contribution in [1.82, 2.24) is 0 Å². The van der Waals surface area contributed by atoms with E-state index in [2.05, 4.69) is 0 Å². The van der Waals surface area contributed by atoms with E-state index in [4.69, 9.17) is 14.6 Å². The molecule has 1 aliphatic rings. The van der Waals surface area contributed by atoms with Crippen LogP contribution in [0.1, 0.15) is 32.3 Å². The van der Waals surface area contributed by atoms with Gasteiger partial charge < -0.3 is 19.7 Å². The van der Waals surface area contributed by atoms with E-state index in [0.717, 1.165) is 0 Å². The Morgan fingerprint density at radius 3 is 2.80 bits per heavy atom. The van der Waals surface area contributed by atoms with E-state index in [1.54, 1.807) is 32.0 Å². The number of carboxylic acids is 1. The molecule has 5 heteroatoms. The standard InChI is InChI=1S/C15H20O5/c1-9(7-16)8-19-10-5-4-6-11-12(10)13(14(17)18)15(2,3)20-11/h4-6,9,13,16H,7-8H2,1-3H3,(H,17,18)/t9?,13-/m1/s1. The lowest BCUT2D eigenvalue weighted by molar-refractivity contribution is -0.142. The van der Waals surface area contributed by atoms with Gasteiger partial charge in [-0.15, -0.1) is 0 Å². The number of benzene rings is 1. The largest absolute Gasteiger partial charge is 0.493 e. The van der Waals surface area contributed by atoms with Crippen molar-refractivity contribution in [2.24, 2.45) is 5.92 Å². The van der Waals surface area contributed by atoms with Crippen LogP contribution < -0.4 is 9.47 Å². The molecule has 0 radical (unpaired) electrons. The Morgan fingerprint density at radius 1 is 1.50 bits per heavy atom. The number of hydrogen-bond acceptors (Lipinski definition) is 4. The molecule has 0 amide bonds. The van der Waals surface area contributed by atoms with Crippen molar-refractivity contribution in [3.05, 3.63) is 23.8 Å². The van der Waals surface area contributed by atoms with Crippen LogP contribution in [0, 0.1) is 5.92 Å². The molecule has 1 aliphatic heterocycles. The van der Waals surface area contributed by atoms with Gasteiger partial charge in [0.25, 0.3) is 0 Å². The Balaban J connectivity index is 2.34. The van der Waals surface area contributed by atoms with Gasteiger partial charge in [0, 0.05) is 12.5 Å². The molecular weight excluding hydrogens is 260 g/mol. The normalized spacial score (nSPS) is 20.9. The van der Waals surface area contributed by atoms with Gasteiger partial charge in [0.2, 0.25) is 0 Å². The molecule has 5 nitrogen and oxygen atoms in total. The minimum absolute atomic E-state index is 0.00975. The Kier molecular flexibility index (Phi) is 3.90. The van der Waals surface area contributed by atoms with Crippen LogP contribution in [-0.2, 0) is 4.79 Å². The predicted molar refractivity (Wildman–Crippen MR) is 73.3 cm³/mol. The SMILES string of the molecule is CC(CO)COc1cccc2c1[C@H](C(=O)O)C(C)(C)O2. The summed E-state index contributed by atoms with van der Waals surface area (Å²) in [7, 11) is 0. The number of carbonyl (C=O) groups is 1. The van der Waals surface area contributed by atoms with E-state index in [9.17, 15) is 9.90 Å². The second-order valence-electron chi connectivity index (χ2n) is 5.74. The summed E-state index contributed by atoms with van der Waals surface area (Å²) < 4.78 is 11.4. The van der Waals surface area contributed by atoms with Gasteiger partial charge in [-0.3, -0.25) is 4.79 Å². The van der Waals surface area contributed by atoms with E-state index in [-0.39, 0.29) is 12.5 Å². The van der Waals surface area contributed by atoms with Crippen molar-refractivity contribution in [2.45, 2.75) is 32.3 Å². The number of aliphatic hydroxyl groups is 1. The lowest BCUT2D eigenvalue weighted by Gasteiger charge is -2.23. The summed E-state index contributed by atoms with van der Waals surface area (Å²) in [6.45, 7) is 5.73. The van der Waals surface area contributed by atoms with Gasteiger partial charge in [-0.25, -0.2) is 0 Å². The third kappa shape index (κ3) is 2.58. The lowest BCUT2D eigenvalue weighted by Crippen LogP contribution is -2.35. The molecule has 1 aromatic rings. The van der Waals surface area contributed by atoms with Crippen molar-refractivity contribution in [1.29, 1.82) is 0 Å². The first-order chi connectivity index (χ1) is 9.36. The minimum atomic E-state index is -0.931. The van der Waals surface area contributed by atoms with Gasteiger partial charge in [-0.2, -0.15) is 0 Å². The highest BCUT2D eigenvalue weighted by atomic mass is 16.5. The van der Waals surface area contributed by atoms with Crippen molar-refractivity contribution >= 4 is 5.97 Å². The summed E-state index contributed by atoms with van der Waals surface area (Å²) in [4.78, 5) is 11.6. The number of fused-ring (bicyclic) bond motifs is 1. The first kappa shape index (κ1) is 14.7. The molecule has 1 aromatic carbocycles. The minimum Gasteiger partial charge on any atom is -0.493 e. The van der Waals surface area contributed by atoms with E-state index >= 15 is 0 Å². The molecule has 110 valence electrons. The Labute approximate surface area is 118 Å². The number of aliphatic hydroxyl groups excluding tert-OH is 1. The van der Waals surface area contributed by atoms with E-state index in [1.807, 2.05) is 6.92 Å². The molecule has 1 unspecified atom stereocenters. The van der Waals surface area contributed by atoms with Gasteiger partial charge in [0.15, 0.2) is 0 Å². The predicted octanol–water partition coefficient (Wildman–Crippen LogP) is 2.03. The average Bonchev–Trinajstić information content (AvgIpc) is 2.65. The highest BCUT2D eigenvalue weighted by Gasteiger charge is 2.47. The smallest absolute Gasteiger partial charge is 0.315 e. The fraction of sp³-hybridized carbons (Fsp3) is 0.533. The molecule has 2 atom stereocenters. The molecule has 20 heavy (non-hydrogen) atoms. The van der Waals surface area contributed by atoms with Crippen LogP contribution in [0.5, 0.6) is 11.5 Å². The third-order valence-electron chi connectivity index (χ3n) is 3.46. The fourth-order valence-corrected chi connectivity index (χ4v) is 2.42. The van der Waals surface area contributed by atoms with Crippen LogP contribution in [0.4, 0.5) is 0 Å². The molecule has 1 heterocycles. The Hall–Kier alpha value is -1.75. The summed E-state index contributed by atoms with van der Waals surface area (Å²) in [5.74, 6) is -0.639. The molecular formula is C15H20O5. The van der Waals surface area contributed by atoms with Gasteiger partial charge in [0.05, 0.1) is 12.2 Å². The third-order valence-corrected chi connectivity index (χ3v) is 3.46. The zero-order valence-electron chi connectivity index (χ0n) is 11.9. The highest BCUT2D eigenvalue weighted by molar-refractivity contribution is 5.81. The number of rotatable bonds is 5. The quantitative estimate of drug-likeness (QED) is 0.863. The number of ether oxygens (including phenoxy) is 2. The summed E-state index contributed by atoms with van der Waals surface area (Å²) in [5, 5.41) is 18.5. The second kappa shape index (κ2) is 5.32. The van der Waals surface area contributed by atoms with E-state index < -0.39 is 17.5 Å². The molecule has 0 saturated carbocycles. The molecule has 2 N–H and O–H groups in total. The van der Waals surface area contributed by atoms with Crippen molar-refractivity contribution in [2.75, 3.05) is 13.2 Å². The average molecular weight is 280 g/mol. The molecule has 0 aromatic heterocycles. The zero-order chi connectivity index (χ0) is 14.9. The second-order valence-corrected chi connectivity index (χ2v) is 5.74. The maximum atomic E-state index is 11.6. The van der Waals surface area contributed by atoms with Crippen LogP contribution in [-0.4, -0.2) is 35.0 Å². The summed E-state index contributed by atoms with van der Waals surface area (Å²) >= 11 is 0. The van der Waals surface area contributed by atoms with Crippen molar-refractivity contribution in [3.8, 4) is 11.5 Å². The van der Waals surface area contributed by atoms with Gasteiger partial charge in [-0.1, -0.05) is 13.0 Å². The number of carboxylic acid groups (broad SMARTS) is 1. The van der Waals surface area contributed by atoms with Crippen LogP contribution in [0.2, 0.25) is 0 Å². The summed E-state index contributed by atoms with van der Waals surface area (Å²) in [6, 6.07) is 5.27. The van der Waals surface area contributed by atoms with Crippen molar-refractivity contribution in [3.63, 3.8) is 0 Å². The molecule has 2 rings (SSSR count). The molecule has 0 bridgehead atoms. The van der Waals surface area contributed by atoms with Crippen LogP contribution >= 0.6 is 0 Å². The lowest BCUT2D eigenvalue weighted by atomic mass is 9.86. The molecule has 0 aliphatic carbocycles. The monoisotopic (exact) mass is 280 g/mol. The first-order valence-electron chi connectivity index (χ1n) is 6.65. The van der Waals surface area contributed by atoms with E-state index in [1.165, 1.54) is 0 Å².